The fraction of sp³-hybridized carbons (Fsp3) is 0.529. The molecule has 2 unspecified atom stereocenters. The Morgan fingerprint density at radius 2 is 2.37 bits per heavy atom. The van der Waals surface area contributed by atoms with Crippen LogP contribution in [0.3, 0.4) is 0 Å². The molecule has 102 valence electrons. The molecule has 19 heavy (non-hydrogen) atoms. The third-order valence-corrected chi connectivity index (χ3v) is 3.68. The molecular formula is C17H23NO. The zero-order valence-electron chi connectivity index (χ0n) is 11.9. The first-order valence-electron chi connectivity index (χ1n) is 7.20. The summed E-state index contributed by atoms with van der Waals surface area (Å²) in [7, 11) is 0. The minimum Gasteiger partial charge on any atom is -0.493 e. The molecule has 1 N–H and O–H groups in total. The third-order valence-electron chi connectivity index (χ3n) is 3.68. The van der Waals surface area contributed by atoms with Crippen LogP contribution in [0.25, 0.3) is 0 Å². The average Bonchev–Trinajstić information content (AvgIpc) is 2.62. The number of aryl methyl sites for hydroxylation is 1. The first-order chi connectivity index (χ1) is 9.26. The summed E-state index contributed by atoms with van der Waals surface area (Å²) < 4.78 is 5.89. The quantitative estimate of drug-likeness (QED) is 0.832. The van der Waals surface area contributed by atoms with Crippen LogP contribution in [0, 0.1) is 19.3 Å². The lowest BCUT2D eigenvalue weighted by molar-refractivity contribution is 0.313. The highest BCUT2D eigenvalue weighted by molar-refractivity contribution is 5.43. The minimum absolute atomic E-state index is 0.154. The number of ether oxygens (including phenoxy) is 1. The van der Waals surface area contributed by atoms with E-state index in [-0.39, 0.29) is 6.04 Å². The second-order valence-electron chi connectivity index (χ2n) is 5.21. The van der Waals surface area contributed by atoms with Gasteiger partial charge in [0.05, 0.1) is 12.6 Å². The van der Waals surface area contributed by atoms with Gasteiger partial charge in [0.2, 0.25) is 0 Å². The summed E-state index contributed by atoms with van der Waals surface area (Å²) in [5, 5.41) is 3.61. The highest BCUT2D eigenvalue weighted by Gasteiger charge is 2.22. The molecule has 0 bridgehead atoms. The van der Waals surface area contributed by atoms with Crippen LogP contribution in [0.15, 0.2) is 18.2 Å². The predicted molar refractivity (Wildman–Crippen MR) is 79.3 cm³/mol. The van der Waals surface area contributed by atoms with Gasteiger partial charge in [0.1, 0.15) is 5.75 Å². The van der Waals surface area contributed by atoms with Gasteiger partial charge in [-0.25, -0.2) is 0 Å². The van der Waals surface area contributed by atoms with Gasteiger partial charge in [-0.1, -0.05) is 37.5 Å². The van der Waals surface area contributed by atoms with Crippen molar-refractivity contribution in [2.24, 2.45) is 0 Å². The third kappa shape index (κ3) is 3.30. The maximum atomic E-state index is 5.89. The van der Waals surface area contributed by atoms with Gasteiger partial charge in [-0.3, -0.25) is 5.32 Å². The molecule has 2 rings (SSSR count). The van der Waals surface area contributed by atoms with Crippen molar-refractivity contribution in [2.45, 2.75) is 51.6 Å². The smallest absolute Gasteiger partial charge is 0.126 e. The number of benzene rings is 1. The Balaban J connectivity index is 2.22. The number of nitrogens with one attached hydrogen (secondary N) is 1. The van der Waals surface area contributed by atoms with E-state index < -0.39 is 0 Å². The minimum atomic E-state index is 0.154. The van der Waals surface area contributed by atoms with E-state index in [0.717, 1.165) is 38.0 Å². The van der Waals surface area contributed by atoms with Crippen LogP contribution in [0.5, 0.6) is 5.75 Å². The molecule has 0 aliphatic carbocycles. The molecule has 0 amide bonds. The fourth-order valence-corrected chi connectivity index (χ4v) is 2.68. The van der Waals surface area contributed by atoms with Gasteiger partial charge in [-0.15, -0.1) is 6.42 Å². The molecule has 0 saturated heterocycles. The van der Waals surface area contributed by atoms with Crippen molar-refractivity contribution in [1.29, 1.82) is 0 Å². The Morgan fingerprint density at radius 3 is 3.11 bits per heavy atom. The lowest BCUT2D eigenvalue weighted by atomic mass is 9.98. The predicted octanol–water partition coefficient (Wildman–Crippen LogP) is 3.60. The van der Waals surface area contributed by atoms with E-state index in [1.54, 1.807) is 0 Å². The normalized spacial score (nSPS) is 19.7. The first-order valence-corrected chi connectivity index (χ1v) is 7.20. The van der Waals surface area contributed by atoms with Crippen LogP contribution >= 0.6 is 0 Å². The maximum absolute atomic E-state index is 5.89. The Kier molecular flexibility index (Phi) is 4.87. The largest absolute Gasteiger partial charge is 0.493 e. The van der Waals surface area contributed by atoms with E-state index >= 15 is 0 Å². The number of para-hydroxylation sites is 1. The van der Waals surface area contributed by atoms with Crippen molar-refractivity contribution >= 4 is 0 Å². The molecule has 2 nitrogen and oxygen atoms in total. The average molecular weight is 257 g/mol. The van der Waals surface area contributed by atoms with Crippen LogP contribution in [-0.4, -0.2) is 12.6 Å². The van der Waals surface area contributed by atoms with Gasteiger partial charge >= 0.3 is 0 Å². The molecule has 0 fully saturated rings. The Morgan fingerprint density at radius 1 is 1.53 bits per heavy atom. The number of terminal acetylenes is 1. The molecule has 1 aliphatic heterocycles. The van der Waals surface area contributed by atoms with Crippen molar-refractivity contribution < 1.29 is 4.74 Å². The molecule has 1 aromatic rings. The molecule has 2 heteroatoms. The standard InChI is InChI=1S/C17H23NO/c1-4-8-14(5-2)18-16-11-7-12-19-17-13(3)9-6-10-15(16)17/h2,6,9-10,14,16,18H,4,7-8,11-12H2,1,3H3. The lowest BCUT2D eigenvalue weighted by Crippen LogP contribution is -2.31. The highest BCUT2D eigenvalue weighted by atomic mass is 16.5. The monoisotopic (exact) mass is 257 g/mol. The second kappa shape index (κ2) is 6.63. The number of rotatable bonds is 4. The second-order valence-corrected chi connectivity index (χ2v) is 5.21. The van der Waals surface area contributed by atoms with Crippen molar-refractivity contribution in [3.8, 4) is 18.1 Å². The Labute approximate surface area is 116 Å². The van der Waals surface area contributed by atoms with Crippen molar-refractivity contribution in [2.75, 3.05) is 6.61 Å². The van der Waals surface area contributed by atoms with E-state index in [2.05, 4.69) is 43.3 Å². The maximum Gasteiger partial charge on any atom is 0.126 e. The van der Waals surface area contributed by atoms with Gasteiger partial charge in [-0.2, -0.15) is 0 Å². The van der Waals surface area contributed by atoms with E-state index in [1.165, 1.54) is 11.1 Å². The first kappa shape index (κ1) is 14.0. The van der Waals surface area contributed by atoms with Gasteiger partial charge < -0.3 is 4.74 Å². The molecule has 2 atom stereocenters. The van der Waals surface area contributed by atoms with E-state index in [9.17, 15) is 0 Å². The zero-order valence-corrected chi connectivity index (χ0v) is 11.9. The summed E-state index contributed by atoms with van der Waals surface area (Å²) in [5.41, 5.74) is 2.47. The summed E-state index contributed by atoms with van der Waals surface area (Å²) in [6, 6.07) is 6.82. The van der Waals surface area contributed by atoms with Crippen LogP contribution in [0.2, 0.25) is 0 Å². The molecule has 0 spiro atoms. The Bertz CT molecular complexity index is 461. The molecule has 1 heterocycles. The molecule has 1 aromatic carbocycles. The number of hydrogen-bond donors (Lipinski definition) is 1. The van der Waals surface area contributed by atoms with E-state index in [0.29, 0.717) is 6.04 Å². The summed E-state index contributed by atoms with van der Waals surface area (Å²) in [6.45, 7) is 5.07. The van der Waals surface area contributed by atoms with Crippen LogP contribution in [0.4, 0.5) is 0 Å². The zero-order chi connectivity index (χ0) is 13.7. The summed E-state index contributed by atoms with van der Waals surface area (Å²) in [5.74, 6) is 3.91. The van der Waals surface area contributed by atoms with Gasteiger partial charge in [0.15, 0.2) is 0 Å². The van der Waals surface area contributed by atoms with Crippen LogP contribution < -0.4 is 10.1 Å². The molecule has 1 aliphatic rings. The van der Waals surface area contributed by atoms with Crippen LogP contribution in [0.1, 0.15) is 49.8 Å². The van der Waals surface area contributed by atoms with Crippen molar-refractivity contribution in [3.63, 3.8) is 0 Å². The lowest BCUT2D eigenvalue weighted by Gasteiger charge is -2.23. The van der Waals surface area contributed by atoms with Gasteiger partial charge in [0, 0.05) is 11.6 Å². The fourth-order valence-electron chi connectivity index (χ4n) is 2.68. The van der Waals surface area contributed by atoms with E-state index in [4.69, 9.17) is 11.2 Å². The summed E-state index contributed by atoms with van der Waals surface area (Å²) >= 11 is 0. The molecular weight excluding hydrogens is 234 g/mol. The highest BCUT2D eigenvalue weighted by Crippen LogP contribution is 2.34. The molecule has 0 radical (unpaired) electrons. The number of hydrogen-bond acceptors (Lipinski definition) is 2. The van der Waals surface area contributed by atoms with Gasteiger partial charge in [0.25, 0.3) is 0 Å². The summed E-state index contributed by atoms with van der Waals surface area (Å²) in [6.07, 6.45) is 9.89. The van der Waals surface area contributed by atoms with Crippen molar-refractivity contribution in [1.82, 2.24) is 5.32 Å². The van der Waals surface area contributed by atoms with E-state index in [1.807, 2.05) is 0 Å². The topological polar surface area (TPSA) is 21.3 Å². The van der Waals surface area contributed by atoms with Crippen molar-refractivity contribution in [3.05, 3.63) is 29.3 Å². The summed E-state index contributed by atoms with van der Waals surface area (Å²) in [4.78, 5) is 0. The molecule has 0 saturated carbocycles. The Hall–Kier alpha value is -1.46. The van der Waals surface area contributed by atoms with Gasteiger partial charge in [-0.05, 0) is 31.7 Å². The van der Waals surface area contributed by atoms with Crippen LogP contribution in [-0.2, 0) is 0 Å². The number of fused-ring (bicyclic) bond motifs is 1. The SMILES string of the molecule is C#CC(CCC)NC1CCCOc2c(C)cccc21. The molecule has 0 aromatic heterocycles.